The Morgan fingerprint density at radius 2 is 1.71 bits per heavy atom. The van der Waals surface area contributed by atoms with Crippen LogP contribution < -0.4 is 10.1 Å². The summed E-state index contributed by atoms with van der Waals surface area (Å²) in [6.07, 6.45) is 1.39. The second-order valence-corrected chi connectivity index (χ2v) is 6.78. The lowest BCUT2D eigenvalue weighted by atomic mass is 10.1. The van der Waals surface area contributed by atoms with Gasteiger partial charge in [-0.2, -0.15) is 0 Å². The van der Waals surface area contributed by atoms with Crippen molar-refractivity contribution in [3.63, 3.8) is 0 Å². The van der Waals surface area contributed by atoms with Crippen LogP contribution in [0.4, 0.5) is 0 Å². The number of rotatable bonds is 10. The van der Waals surface area contributed by atoms with Gasteiger partial charge in [0.2, 0.25) is 5.91 Å². The van der Waals surface area contributed by atoms with Gasteiger partial charge < -0.3 is 15.0 Å². The standard InChI is InChI=1S/C23H30N2O3/c1-4-15-24-23(27)20(5-2)25(16-19-12-7-6-8-13-19)22(26)17-28-21-14-10-9-11-18(21)3/h6-14,20H,4-5,15-17H2,1-3H3,(H,24,27). The molecule has 0 radical (unpaired) electrons. The van der Waals surface area contributed by atoms with E-state index in [0.717, 1.165) is 17.5 Å². The zero-order valence-corrected chi connectivity index (χ0v) is 17.0. The monoisotopic (exact) mass is 382 g/mol. The SMILES string of the molecule is CCCNC(=O)C(CC)N(Cc1ccccc1)C(=O)COc1ccccc1C. The molecule has 150 valence electrons. The molecular weight excluding hydrogens is 352 g/mol. The van der Waals surface area contributed by atoms with Gasteiger partial charge in [0.15, 0.2) is 6.61 Å². The molecule has 1 unspecified atom stereocenters. The van der Waals surface area contributed by atoms with Crippen LogP contribution in [0, 0.1) is 6.92 Å². The molecule has 2 aromatic rings. The van der Waals surface area contributed by atoms with Crippen molar-refractivity contribution in [2.24, 2.45) is 0 Å². The number of aryl methyl sites for hydroxylation is 1. The summed E-state index contributed by atoms with van der Waals surface area (Å²) in [5, 5.41) is 2.91. The second kappa shape index (κ2) is 11.1. The first-order chi connectivity index (χ1) is 13.6. The van der Waals surface area contributed by atoms with Gasteiger partial charge in [-0.25, -0.2) is 0 Å². The number of benzene rings is 2. The van der Waals surface area contributed by atoms with E-state index in [-0.39, 0.29) is 18.4 Å². The number of amides is 2. The summed E-state index contributed by atoms with van der Waals surface area (Å²) >= 11 is 0. The predicted octanol–water partition coefficient (Wildman–Crippen LogP) is 3.71. The average molecular weight is 383 g/mol. The van der Waals surface area contributed by atoms with Gasteiger partial charge in [-0.1, -0.05) is 62.4 Å². The van der Waals surface area contributed by atoms with Gasteiger partial charge in [-0.15, -0.1) is 0 Å². The zero-order valence-electron chi connectivity index (χ0n) is 17.0. The topological polar surface area (TPSA) is 58.6 Å². The molecule has 0 aliphatic carbocycles. The van der Waals surface area contributed by atoms with Gasteiger partial charge in [-0.3, -0.25) is 9.59 Å². The maximum Gasteiger partial charge on any atom is 0.261 e. The van der Waals surface area contributed by atoms with E-state index < -0.39 is 6.04 Å². The van der Waals surface area contributed by atoms with Gasteiger partial charge in [0, 0.05) is 13.1 Å². The quantitative estimate of drug-likeness (QED) is 0.681. The number of para-hydroxylation sites is 1. The summed E-state index contributed by atoms with van der Waals surface area (Å²) in [4.78, 5) is 27.3. The molecule has 1 N–H and O–H groups in total. The second-order valence-electron chi connectivity index (χ2n) is 6.78. The van der Waals surface area contributed by atoms with Gasteiger partial charge in [0.1, 0.15) is 11.8 Å². The van der Waals surface area contributed by atoms with Crippen LogP contribution in [0.5, 0.6) is 5.75 Å². The summed E-state index contributed by atoms with van der Waals surface area (Å²) < 4.78 is 5.75. The van der Waals surface area contributed by atoms with Crippen molar-refractivity contribution < 1.29 is 14.3 Å². The highest BCUT2D eigenvalue weighted by atomic mass is 16.5. The molecule has 2 amide bonds. The first kappa shape index (κ1) is 21.5. The van der Waals surface area contributed by atoms with Crippen LogP contribution >= 0.6 is 0 Å². The highest BCUT2D eigenvalue weighted by molar-refractivity contribution is 5.88. The van der Waals surface area contributed by atoms with Crippen molar-refractivity contribution in [2.45, 2.75) is 46.2 Å². The molecule has 0 aliphatic rings. The van der Waals surface area contributed by atoms with E-state index in [4.69, 9.17) is 4.74 Å². The molecule has 0 heterocycles. The van der Waals surface area contributed by atoms with Gasteiger partial charge in [-0.05, 0) is 37.0 Å². The van der Waals surface area contributed by atoms with E-state index in [2.05, 4.69) is 5.32 Å². The summed E-state index contributed by atoms with van der Waals surface area (Å²) in [7, 11) is 0. The Kier molecular flexibility index (Phi) is 8.53. The van der Waals surface area contributed by atoms with E-state index in [1.807, 2.05) is 75.4 Å². The van der Waals surface area contributed by atoms with Crippen molar-refractivity contribution in [1.82, 2.24) is 10.2 Å². The summed E-state index contributed by atoms with van der Waals surface area (Å²) in [6, 6.07) is 16.8. The smallest absolute Gasteiger partial charge is 0.261 e. The van der Waals surface area contributed by atoms with Crippen molar-refractivity contribution in [3.8, 4) is 5.75 Å². The molecule has 5 nitrogen and oxygen atoms in total. The lowest BCUT2D eigenvalue weighted by Crippen LogP contribution is -2.50. The molecule has 0 fully saturated rings. The number of carbonyl (C=O) groups excluding carboxylic acids is 2. The molecular formula is C23H30N2O3. The molecule has 2 aromatic carbocycles. The number of hydrogen-bond acceptors (Lipinski definition) is 3. The molecule has 1 atom stereocenters. The lowest BCUT2D eigenvalue weighted by molar-refractivity contribution is -0.143. The van der Waals surface area contributed by atoms with Crippen LogP contribution in [0.3, 0.4) is 0 Å². The molecule has 28 heavy (non-hydrogen) atoms. The third-order valence-corrected chi connectivity index (χ3v) is 4.58. The maximum absolute atomic E-state index is 13.0. The Balaban J connectivity index is 2.17. The maximum atomic E-state index is 13.0. The third-order valence-electron chi connectivity index (χ3n) is 4.58. The minimum Gasteiger partial charge on any atom is -0.484 e. The molecule has 2 rings (SSSR count). The average Bonchev–Trinajstić information content (AvgIpc) is 2.72. The van der Waals surface area contributed by atoms with Crippen molar-refractivity contribution >= 4 is 11.8 Å². The van der Waals surface area contributed by atoms with Gasteiger partial charge in [0.25, 0.3) is 5.91 Å². The van der Waals surface area contributed by atoms with Crippen molar-refractivity contribution in [2.75, 3.05) is 13.2 Å². The Morgan fingerprint density at radius 3 is 2.36 bits per heavy atom. The van der Waals surface area contributed by atoms with E-state index in [0.29, 0.717) is 25.3 Å². The number of hydrogen-bond donors (Lipinski definition) is 1. The Hall–Kier alpha value is -2.82. The van der Waals surface area contributed by atoms with Crippen LogP contribution in [0.25, 0.3) is 0 Å². The predicted molar refractivity (Wildman–Crippen MR) is 111 cm³/mol. The molecule has 0 saturated carbocycles. The van der Waals surface area contributed by atoms with Crippen LogP contribution in [0.15, 0.2) is 54.6 Å². The van der Waals surface area contributed by atoms with Gasteiger partial charge in [0.05, 0.1) is 0 Å². The minimum atomic E-state index is -0.528. The van der Waals surface area contributed by atoms with Crippen molar-refractivity contribution in [3.05, 3.63) is 65.7 Å². The first-order valence-electron chi connectivity index (χ1n) is 9.86. The minimum absolute atomic E-state index is 0.102. The molecule has 0 aliphatic heterocycles. The number of carbonyl (C=O) groups is 2. The Bertz CT molecular complexity index is 761. The van der Waals surface area contributed by atoms with Gasteiger partial charge >= 0.3 is 0 Å². The zero-order chi connectivity index (χ0) is 20.4. The normalized spacial score (nSPS) is 11.5. The fourth-order valence-corrected chi connectivity index (χ4v) is 3.01. The molecule has 0 bridgehead atoms. The molecule has 5 heteroatoms. The lowest BCUT2D eigenvalue weighted by Gasteiger charge is -2.30. The molecule has 0 aromatic heterocycles. The molecule has 0 saturated heterocycles. The fraction of sp³-hybridized carbons (Fsp3) is 0.391. The molecule has 0 spiro atoms. The van der Waals surface area contributed by atoms with Crippen molar-refractivity contribution in [1.29, 1.82) is 0 Å². The third kappa shape index (κ3) is 6.12. The summed E-state index contributed by atoms with van der Waals surface area (Å²) in [5.74, 6) is 0.356. The van der Waals surface area contributed by atoms with Crippen LogP contribution in [-0.2, 0) is 16.1 Å². The van der Waals surface area contributed by atoms with Crippen LogP contribution in [-0.4, -0.2) is 35.9 Å². The van der Waals surface area contributed by atoms with Crippen LogP contribution in [0.1, 0.15) is 37.8 Å². The summed E-state index contributed by atoms with van der Waals surface area (Å²) in [6.45, 7) is 6.73. The van der Waals surface area contributed by atoms with Crippen LogP contribution in [0.2, 0.25) is 0 Å². The Labute approximate surface area is 167 Å². The fourth-order valence-electron chi connectivity index (χ4n) is 3.01. The van der Waals surface area contributed by atoms with E-state index >= 15 is 0 Å². The van der Waals surface area contributed by atoms with E-state index in [1.54, 1.807) is 4.90 Å². The highest BCUT2D eigenvalue weighted by Gasteiger charge is 2.28. The highest BCUT2D eigenvalue weighted by Crippen LogP contribution is 2.17. The number of nitrogens with zero attached hydrogens (tertiary/aromatic N) is 1. The number of ether oxygens (including phenoxy) is 1. The number of nitrogens with one attached hydrogen (secondary N) is 1. The largest absolute Gasteiger partial charge is 0.484 e. The summed E-state index contributed by atoms with van der Waals surface area (Å²) in [5.41, 5.74) is 1.95. The van der Waals surface area contributed by atoms with E-state index in [9.17, 15) is 9.59 Å². The Morgan fingerprint density at radius 1 is 1.04 bits per heavy atom. The van der Waals surface area contributed by atoms with E-state index in [1.165, 1.54) is 0 Å². The first-order valence-corrected chi connectivity index (χ1v) is 9.86.